The molecule has 60 heavy (non-hydrogen) atoms. The molecule has 0 amide bonds. The molecule has 1 rings (SSSR count). The first-order chi connectivity index (χ1) is 29.3. The smallest absolute Gasteiger partial charge is 0.306 e. The van der Waals surface area contributed by atoms with E-state index in [0.717, 1.165) is 44.9 Å². The molecular weight excluding hydrogens is 761 g/mol. The van der Waals surface area contributed by atoms with Crippen molar-refractivity contribution in [3.05, 3.63) is 36.5 Å². The molecule has 2 unspecified atom stereocenters. The van der Waals surface area contributed by atoms with Crippen molar-refractivity contribution in [1.82, 2.24) is 0 Å². The van der Waals surface area contributed by atoms with Crippen molar-refractivity contribution in [3.8, 4) is 0 Å². The molecule has 0 saturated carbocycles. The minimum atomic E-state index is -1.60. The number of unbranched alkanes of at least 4 members (excludes halogenated alkanes) is 24. The second-order valence-electron chi connectivity index (χ2n) is 16.9. The Hall–Kier alpha value is -2.08. The molecule has 1 aliphatic rings. The Morgan fingerprint density at radius 1 is 0.517 bits per heavy atom. The number of aliphatic hydroxyl groups excluding tert-OH is 4. The van der Waals surface area contributed by atoms with Crippen LogP contribution in [0.15, 0.2) is 36.5 Å². The second-order valence-corrected chi connectivity index (χ2v) is 16.9. The highest BCUT2D eigenvalue weighted by molar-refractivity contribution is 5.70. The number of allylic oxidation sites excluding steroid dienone is 6. The number of aliphatic hydroxyl groups is 4. The van der Waals surface area contributed by atoms with Crippen LogP contribution >= 0.6 is 0 Å². The standard InChI is InChI=1S/C50H90O10/c1-3-5-7-9-11-13-15-17-19-21-23-25-27-29-31-33-35-37-39-46(53)59-43(42-58-50-49(56)48(55)47(54)44(40-51)60-50)41-57-45(52)38-36-34-32-30-28-26-24-22-20-18-16-14-12-10-8-6-4-2/h18,20,24,26,30,32,43-44,47-51,54-56H,3-17,19,21-23,25,27-29,31,33-42H2,1-2H3/b20-18+,26-24+,32-30+/t43-,44-,47+,48?,49?,50-/m1/s1. The van der Waals surface area contributed by atoms with Crippen molar-refractivity contribution in [2.45, 2.75) is 250 Å². The topological polar surface area (TPSA) is 152 Å². The number of hydrogen-bond acceptors (Lipinski definition) is 10. The highest BCUT2D eigenvalue weighted by Crippen LogP contribution is 2.23. The molecule has 10 heteroatoms. The summed E-state index contributed by atoms with van der Waals surface area (Å²) < 4.78 is 22.2. The predicted molar refractivity (Wildman–Crippen MR) is 242 cm³/mol. The van der Waals surface area contributed by atoms with Crippen LogP contribution < -0.4 is 0 Å². The third-order valence-electron chi connectivity index (χ3n) is 11.3. The number of carbonyl (C=O) groups excluding carboxylic acids is 2. The summed E-state index contributed by atoms with van der Waals surface area (Å²) in [7, 11) is 0. The van der Waals surface area contributed by atoms with Crippen molar-refractivity contribution in [1.29, 1.82) is 0 Å². The molecule has 1 saturated heterocycles. The van der Waals surface area contributed by atoms with Crippen molar-refractivity contribution in [2.24, 2.45) is 0 Å². The summed E-state index contributed by atoms with van der Waals surface area (Å²) in [5, 5.41) is 40.1. The fraction of sp³-hybridized carbons (Fsp3) is 0.840. The van der Waals surface area contributed by atoms with Crippen molar-refractivity contribution < 1.29 is 49.0 Å². The van der Waals surface area contributed by atoms with E-state index in [2.05, 4.69) is 50.3 Å². The quantitative estimate of drug-likeness (QED) is 0.0266. The fourth-order valence-electron chi connectivity index (χ4n) is 7.38. The highest BCUT2D eigenvalue weighted by Gasteiger charge is 2.44. The van der Waals surface area contributed by atoms with Gasteiger partial charge in [0.1, 0.15) is 31.0 Å². The van der Waals surface area contributed by atoms with E-state index in [4.69, 9.17) is 18.9 Å². The molecule has 0 spiro atoms. The maximum Gasteiger partial charge on any atom is 0.306 e. The van der Waals surface area contributed by atoms with Crippen molar-refractivity contribution in [2.75, 3.05) is 19.8 Å². The first-order valence-corrected chi connectivity index (χ1v) is 24.6. The zero-order valence-corrected chi connectivity index (χ0v) is 38.2. The summed E-state index contributed by atoms with van der Waals surface area (Å²) in [5.41, 5.74) is 0. The molecule has 0 aliphatic carbocycles. The third kappa shape index (κ3) is 31.7. The monoisotopic (exact) mass is 851 g/mol. The van der Waals surface area contributed by atoms with Crippen LogP contribution in [-0.4, -0.2) is 89.0 Å². The van der Waals surface area contributed by atoms with E-state index in [1.807, 2.05) is 0 Å². The zero-order valence-electron chi connectivity index (χ0n) is 38.2. The lowest BCUT2D eigenvalue weighted by atomic mass is 9.99. The van der Waals surface area contributed by atoms with Gasteiger partial charge in [-0.1, -0.05) is 192 Å². The number of hydrogen-bond donors (Lipinski definition) is 4. The van der Waals surface area contributed by atoms with E-state index in [0.29, 0.717) is 12.8 Å². The van der Waals surface area contributed by atoms with Gasteiger partial charge in [-0.2, -0.15) is 0 Å². The molecule has 10 nitrogen and oxygen atoms in total. The Bertz CT molecular complexity index is 1080. The average molecular weight is 851 g/mol. The zero-order chi connectivity index (χ0) is 43.7. The Kier molecular flexibility index (Phi) is 38.2. The molecule has 1 aliphatic heterocycles. The van der Waals surface area contributed by atoms with Crippen LogP contribution in [0.25, 0.3) is 0 Å². The van der Waals surface area contributed by atoms with Crippen LogP contribution in [0, 0.1) is 0 Å². The normalized spacial score (nSPS) is 20.1. The largest absolute Gasteiger partial charge is 0.462 e. The highest BCUT2D eigenvalue weighted by atomic mass is 16.7. The van der Waals surface area contributed by atoms with Gasteiger partial charge in [0.05, 0.1) is 13.2 Å². The van der Waals surface area contributed by atoms with Crippen LogP contribution in [0.5, 0.6) is 0 Å². The van der Waals surface area contributed by atoms with Gasteiger partial charge in [-0.05, 0) is 44.9 Å². The van der Waals surface area contributed by atoms with Gasteiger partial charge in [0.2, 0.25) is 0 Å². The molecule has 0 aromatic heterocycles. The first kappa shape index (κ1) is 55.9. The third-order valence-corrected chi connectivity index (χ3v) is 11.3. The molecule has 6 atom stereocenters. The van der Waals surface area contributed by atoms with Crippen LogP contribution in [0.4, 0.5) is 0 Å². The maximum absolute atomic E-state index is 12.8. The van der Waals surface area contributed by atoms with Gasteiger partial charge in [-0.15, -0.1) is 0 Å². The Labute approximate surface area is 366 Å². The molecule has 1 fully saturated rings. The fourth-order valence-corrected chi connectivity index (χ4v) is 7.38. The minimum absolute atomic E-state index is 0.205. The summed E-state index contributed by atoms with van der Waals surface area (Å²) in [4.78, 5) is 25.4. The summed E-state index contributed by atoms with van der Waals surface area (Å²) in [6, 6.07) is 0. The minimum Gasteiger partial charge on any atom is -0.462 e. The van der Waals surface area contributed by atoms with Gasteiger partial charge in [0.25, 0.3) is 0 Å². The van der Waals surface area contributed by atoms with Gasteiger partial charge in [0, 0.05) is 12.8 Å². The number of rotatable bonds is 41. The second kappa shape index (κ2) is 41.0. The molecule has 0 radical (unpaired) electrons. The van der Waals surface area contributed by atoms with Crippen LogP contribution in [-0.2, 0) is 28.5 Å². The molecule has 1 heterocycles. The lowest BCUT2D eigenvalue weighted by Gasteiger charge is -2.39. The average Bonchev–Trinajstić information content (AvgIpc) is 3.25. The molecule has 4 N–H and O–H groups in total. The molecule has 0 aromatic carbocycles. The lowest BCUT2D eigenvalue weighted by molar-refractivity contribution is -0.305. The van der Waals surface area contributed by atoms with E-state index in [1.165, 1.54) is 128 Å². The van der Waals surface area contributed by atoms with Gasteiger partial charge in [-0.3, -0.25) is 9.59 Å². The molecular formula is C50H90O10. The maximum atomic E-state index is 12.8. The summed E-state index contributed by atoms with van der Waals surface area (Å²) in [6.45, 7) is 3.39. The van der Waals surface area contributed by atoms with Crippen LogP contribution in [0.1, 0.15) is 213 Å². The Morgan fingerprint density at radius 3 is 1.45 bits per heavy atom. The van der Waals surface area contributed by atoms with E-state index in [1.54, 1.807) is 0 Å². The van der Waals surface area contributed by atoms with Crippen molar-refractivity contribution in [3.63, 3.8) is 0 Å². The Morgan fingerprint density at radius 2 is 0.950 bits per heavy atom. The number of carbonyl (C=O) groups is 2. The molecule has 350 valence electrons. The van der Waals surface area contributed by atoms with Gasteiger partial charge in [0.15, 0.2) is 12.4 Å². The van der Waals surface area contributed by atoms with Gasteiger partial charge < -0.3 is 39.4 Å². The van der Waals surface area contributed by atoms with Crippen molar-refractivity contribution >= 4 is 11.9 Å². The van der Waals surface area contributed by atoms with E-state index >= 15 is 0 Å². The lowest BCUT2D eigenvalue weighted by Crippen LogP contribution is -2.59. The SMILES string of the molecule is CCCCCCCC/C=C/C/C=C/C/C=C/CCCC(=O)OC[C@H](CO[C@@H]1O[C@H](CO)[C@H](O)C(O)C1O)OC(=O)CCCCCCCCCCCCCCCCCCCC. The Balaban J connectivity index is 2.32. The number of ether oxygens (including phenoxy) is 4. The number of esters is 2. The van der Waals surface area contributed by atoms with Crippen LogP contribution in [0.2, 0.25) is 0 Å². The molecule has 0 aromatic rings. The van der Waals surface area contributed by atoms with E-state index in [9.17, 15) is 30.0 Å². The summed E-state index contributed by atoms with van der Waals surface area (Å²) in [5.74, 6) is -0.859. The van der Waals surface area contributed by atoms with Gasteiger partial charge >= 0.3 is 11.9 Å². The van der Waals surface area contributed by atoms with Gasteiger partial charge in [-0.25, -0.2) is 0 Å². The summed E-state index contributed by atoms with van der Waals surface area (Å²) in [6.07, 6.45) is 40.1. The summed E-state index contributed by atoms with van der Waals surface area (Å²) >= 11 is 0. The molecule has 0 bridgehead atoms. The first-order valence-electron chi connectivity index (χ1n) is 24.6. The van der Waals surface area contributed by atoms with E-state index < -0.39 is 55.4 Å². The van der Waals surface area contributed by atoms with Crippen LogP contribution in [0.3, 0.4) is 0 Å². The predicted octanol–water partition coefficient (Wildman–Crippen LogP) is 11.1. The van der Waals surface area contributed by atoms with E-state index in [-0.39, 0.29) is 26.1 Å².